The number of hydrogen-bond acceptors (Lipinski definition) is 2. The average molecular weight is 308 g/mol. The topological polar surface area (TPSA) is 42.0 Å². The second-order valence-electron chi connectivity index (χ2n) is 7.58. The van der Waals surface area contributed by atoms with Crippen LogP contribution in [0.2, 0.25) is 0 Å². The first kappa shape index (κ1) is 15.7. The van der Waals surface area contributed by atoms with Gasteiger partial charge >= 0.3 is 0 Å². The molecule has 0 spiro atoms. The third-order valence-electron chi connectivity index (χ3n) is 4.65. The molecule has 0 aliphatic heterocycles. The van der Waals surface area contributed by atoms with Gasteiger partial charge in [0.05, 0.1) is 5.41 Å². The van der Waals surface area contributed by atoms with E-state index in [2.05, 4.69) is 55.3 Å². The van der Waals surface area contributed by atoms with E-state index in [9.17, 15) is 4.79 Å². The SMILES string of the molecule is Cc1ccnc(NC(=O)C2(c3ccc(C(C)(C)C)cc3)CC2)c1. The Morgan fingerprint density at radius 1 is 1.13 bits per heavy atom. The highest BCUT2D eigenvalue weighted by Gasteiger charge is 2.51. The summed E-state index contributed by atoms with van der Waals surface area (Å²) in [6.07, 6.45) is 3.53. The van der Waals surface area contributed by atoms with Gasteiger partial charge in [-0.15, -0.1) is 0 Å². The van der Waals surface area contributed by atoms with Gasteiger partial charge in [-0.25, -0.2) is 4.98 Å². The minimum atomic E-state index is -0.373. The van der Waals surface area contributed by atoms with Crippen molar-refractivity contribution in [3.8, 4) is 0 Å². The molecule has 1 aliphatic rings. The maximum atomic E-state index is 12.7. The van der Waals surface area contributed by atoms with Gasteiger partial charge in [0.15, 0.2) is 0 Å². The molecule has 0 atom stereocenters. The second-order valence-corrected chi connectivity index (χ2v) is 7.58. The highest BCUT2D eigenvalue weighted by Crippen LogP contribution is 2.49. The van der Waals surface area contributed by atoms with Gasteiger partial charge in [0.25, 0.3) is 0 Å². The number of aryl methyl sites for hydroxylation is 1. The summed E-state index contributed by atoms with van der Waals surface area (Å²) in [7, 11) is 0. The summed E-state index contributed by atoms with van der Waals surface area (Å²) in [6.45, 7) is 8.59. The van der Waals surface area contributed by atoms with Crippen molar-refractivity contribution in [2.24, 2.45) is 0 Å². The fraction of sp³-hybridized carbons (Fsp3) is 0.400. The maximum absolute atomic E-state index is 12.7. The molecule has 1 fully saturated rings. The van der Waals surface area contributed by atoms with Crippen molar-refractivity contribution in [1.29, 1.82) is 0 Å². The van der Waals surface area contributed by atoms with Gasteiger partial charge in [-0.3, -0.25) is 4.79 Å². The normalized spacial score (nSPS) is 16.0. The van der Waals surface area contributed by atoms with Gasteiger partial charge in [0, 0.05) is 6.20 Å². The Hall–Kier alpha value is -2.16. The molecule has 1 heterocycles. The molecule has 23 heavy (non-hydrogen) atoms. The second kappa shape index (κ2) is 5.48. The summed E-state index contributed by atoms with van der Waals surface area (Å²) in [6, 6.07) is 12.3. The molecule has 0 bridgehead atoms. The van der Waals surface area contributed by atoms with Crippen molar-refractivity contribution >= 4 is 11.7 Å². The number of anilines is 1. The van der Waals surface area contributed by atoms with Crippen LogP contribution >= 0.6 is 0 Å². The Balaban J connectivity index is 1.80. The molecule has 120 valence electrons. The van der Waals surface area contributed by atoms with Crippen LogP contribution in [0.3, 0.4) is 0 Å². The molecule has 1 amide bonds. The van der Waals surface area contributed by atoms with Crippen LogP contribution in [0.4, 0.5) is 5.82 Å². The van der Waals surface area contributed by atoms with E-state index < -0.39 is 0 Å². The number of pyridine rings is 1. The summed E-state index contributed by atoms with van der Waals surface area (Å²) >= 11 is 0. The summed E-state index contributed by atoms with van der Waals surface area (Å²) in [5, 5.41) is 2.98. The van der Waals surface area contributed by atoms with Crippen LogP contribution in [-0.4, -0.2) is 10.9 Å². The monoisotopic (exact) mass is 308 g/mol. The first-order chi connectivity index (χ1) is 10.8. The molecule has 3 heteroatoms. The summed E-state index contributed by atoms with van der Waals surface area (Å²) in [4.78, 5) is 17.0. The van der Waals surface area contributed by atoms with E-state index in [1.165, 1.54) is 5.56 Å². The number of aromatic nitrogens is 1. The Labute approximate surface area is 138 Å². The standard InChI is InChI=1S/C20H24N2O/c1-14-9-12-21-17(13-14)22-18(23)20(10-11-20)16-7-5-15(6-8-16)19(2,3)4/h5-9,12-13H,10-11H2,1-4H3,(H,21,22,23). The van der Waals surface area contributed by atoms with E-state index >= 15 is 0 Å². The summed E-state index contributed by atoms with van der Waals surface area (Å²) in [5.74, 6) is 0.687. The first-order valence-corrected chi connectivity index (χ1v) is 8.16. The Morgan fingerprint density at radius 2 is 1.78 bits per heavy atom. The molecule has 1 aromatic carbocycles. The van der Waals surface area contributed by atoms with E-state index in [1.54, 1.807) is 6.20 Å². The highest BCUT2D eigenvalue weighted by molar-refractivity contribution is 6.00. The molecule has 2 aromatic rings. The Morgan fingerprint density at radius 3 is 2.30 bits per heavy atom. The quantitative estimate of drug-likeness (QED) is 0.915. The predicted molar refractivity (Wildman–Crippen MR) is 93.7 cm³/mol. The molecule has 0 radical (unpaired) electrons. The molecular weight excluding hydrogens is 284 g/mol. The van der Waals surface area contributed by atoms with E-state index in [-0.39, 0.29) is 16.7 Å². The van der Waals surface area contributed by atoms with Crippen molar-refractivity contribution in [2.75, 3.05) is 5.32 Å². The third-order valence-corrected chi connectivity index (χ3v) is 4.65. The Kier molecular flexibility index (Phi) is 3.75. The lowest BCUT2D eigenvalue weighted by atomic mass is 9.85. The van der Waals surface area contributed by atoms with Crippen LogP contribution in [-0.2, 0) is 15.6 Å². The molecule has 1 aliphatic carbocycles. The molecule has 3 rings (SSSR count). The summed E-state index contributed by atoms with van der Waals surface area (Å²) in [5.41, 5.74) is 3.24. The van der Waals surface area contributed by atoms with Gasteiger partial charge in [-0.2, -0.15) is 0 Å². The van der Waals surface area contributed by atoms with Crippen molar-refractivity contribution in [1.82, 2.24) is 4.98 Å². The number of carbonyl (C=O) groups is 1. The van der Waals surface area contributed by atoms with Crippen molar-refractivity contribution in [3.63, 3.8) is 0 Å². The van der Waals surface area contributed by atoms with E-state index in [0.717, 1.165) is 24.0 Å². The van der Waals surface area contributed by atoms with Crippen LogP contribution in [0, 0.1) is 6.92 Å². The van der Waals surface area contributed by atoms with Crippen LogP contribution in [0.5, 0.6) is 0 Å². The zero-order valence-electron chi connectivity index (χ0n) is 14.3. The number of nitrogens with one attached hydrogen (secondary N) is 1. The molecule has 0 saturated heterocycles. The number of benzene rings is 1. The highest BCUT2D eigenvalue weighted by atomic mass is 16.2. The molecular formula is C20H24N2O. The molecule has 1 saturated carbocycles. The zero-order chi connectivity index (χ0) is 16.7. The van der Waals surface area contributed by atoms with Gasteiger partial charge in [-0.05, 0) is 54.0 Å². The van der Waals surface area contributed by atoms with E-state index in [4.69, 9.17) is 0 Å². The van der Waals surface area contributed by atoms with E-state index in [0.29, 0.717) is 5.82 Å². The van der Waals surface area contributed by atoms with Crippen molar-refractivity contribution < 1.29 is 4.79 Å². The van der Waals surface area contributed by atoms with Crippen molar-refractivity contribution in [2.45, 2.75) is 51.4 Å². The van der Waals surface area contributed by atoms with Gasteiger partial charge in [0.1, 0.15) is 5.82 Å². The average Bonchev–Trinajstić information content (AvgIpc) is 3.28. The maximum Gasteiger partial charge on any atom is 0.236 e. The van der Waals surface area contributed by atoms with Crippen molar-refractivity contribution in [3.05, 3.63) is 59.3 Å². The zero-order valence-corrected chi connectivity index (χ0v) is 14.3. The lowest BCUT2D eigenvalue weighted by Gasteiger charge is -2.21. The Bertz CT molecular complexity index is 722. The van der Waals surface area contributed by atoms with Crippen LogP contribution in [0.25, 0.3) is 0 Å². The number of amides is 1. The smallest absolute Gasteiger partial charge is 0.236 e. The fourth-order valence-electron chi connectivity index (χ4n) is 2.90. The van der Waals surface area contributed by atoms with Crippen LogP contribution < -0.4 is 5.32 Å². The minimum Gasteiger partial charge on any atom is -0.310 e. The first-order valence-electron chi connectivity index (χ1n) is 8.16. The molecule has 1 aromatic heterocycles. The van der Waals surface area contributed by atoms with Crippen LogP contribution in [0.15, 0.2) is 42.6 Å². The lowest BCUT2D eigenvalue weighted by Crippen LogP contribution is -2.28. The molecule has 3 nitrogen and oxygen atoms in total. The van der Waals surface area contributed by atoms with Gasteiger partial charge in [-0.1, -0.05) is 45.0 Å². The minimum absolute atomic E-state index is 0.0547. The van der Waals surface area contributed by atoms with Gasteiger partial charge < -0.3 is 5.32 Å². The number of carbonyl (C=O) groups excluding carboxylic acids is 1. The molecule has 1 N–H and O–H groups in total. The van der Waals surface area contributed by atoms with Crippen LogP contribution in [0.1, 0.15) is 50.3 Å². The number of hydrogen-bond donors (Lipinski definition) is 1. The fourth-order valence-corrected chi connectivity index (χ4v) is 2.90. The third kappa shape index (κ3) is 3.14. The lowest BCUT2D eigenvalue weighted by molar-refractivity contribution is -0.118. The summed E-state index contributed by atoms with van der Waals surface area (Å²) < 4.78 is 0. The predicted octanol–water partition coefficient (Wildman–Crippen LogP) is 4.36. The van der Waals surface area contributed by atoms with E-state index in [1.807, 2.05) is 19.1 Å². The molecule has 0 unspecified atom stereocenters. The van der Waals surface area contributed by atoms with Gasteiger partial charge in [0.2, 0.25) is 5.91 Å². The largest absolute Gasteiger partial charge is 0.310 e. The number of rotatable bonds is 3. The number of nitrogens with zero attached hydrogens (tertiary/aromatic N) is 1.